The fraction of sp³-hybridized carbons (Fsp3) is 0.381. The monoisotopic (exact) mass is 412 g/mol. The first-order valence-corrected chi connectivity index (χ1v) is 9.98. The first-order valence-electron chi connectivity index (χ1n) is 9.98. The average molecular weight is 412 g/mol. The van der Waals surface area contributed by atoms with Gasteiger partial charge in [-0.1, -0.05) is 0 Å². The Morgan fingerprint density at radius 2 is 1.93 bits per heavy atom. The highest BCUT2D eigenvalue weighted by Gasteiger charge is 2.26. The highest BCUT2D eigenvalue weighted by atomic mass is 16.5. The minimum atomic E-state index is -0.958. The van der Waals surface area contributed by atoms with Crippen molar-refractivity contribution in [2.24, 2.45) is 0 Å². The molecule has 0 atom stereocenters. The summed E-state index contributed by atoms with van der Waals surface area (Å²) >= 11 is 0. The van der Waals surface area contributed by atoms with Crippen LogP contribution >= 0.6 is 0 Å². The third-order valence-electron chi connectivity index (χ3n) is 5.23. The van der Waals surface area contributed by atoms with E-state index < -0.39 is 6.09 Å². The van der Waals surface area contributed by atoms with Crippen LogP contribution in [0.3, 0.4) is 0 Å². The van der Waals surface area contributed by atoms with Crippen molar-refractivity contribution in [2.45, 2.75) is 13.3 Å². The van der Waals surface area contributed by atoms with Crippen molar-refractivity contribution in [3.05, 3.63) is 47.8 Å². The van der Waals surface area contributed by atoms with E-state index in [1.807, 2.05) is 18.0 Å². The van der Waals surface area contributed by atoms with Crippen molar-refractivity contribution in [2.75, 3.05) is 44.3 Å². The highest BCUT2D eigenvalue weighted by Crippen LogP contribution is 2.33. The lowest BCUT2D eigenvalue weighted by atomic mass is 10.1. The fourth-order valence-corrected chi connectivity index (χ4v) is 3.77. The number of anilines is 1. The molecular weight excluding hydrogens is 388 g/mol. The van der Waals surface area contributed by atoms with Gasteiger partial charge in [-0.25, -0.2) is 9.80 Å². The van der Waals surface area contributed by atoms with Crippen LogP contribution in [0.1, 0.15) is 23.0 Å². The van der Waals surface area contributed by atoms with Gasteiger partial charge in [0.1, 0.15) is 17.2 Å². The quantitative estimate of drug-likeness (QED) is 0.807. The van der Waals surface area contributed by atoms with E-state index in [0.717, 1.165) is 5.56 Å². The molecule has 0 saturated carbocycles. The lowest BCUT2D eigenvalue weighted by Gasteiger charge is -2.36. The fourth-order valence-electron chi connectivity index (χ4n) is 3.77. The zero-order valence-electron chi connectivity index (χ0n) is 16.8. The molecule has 1 aromatic heterocycles. The SMILES string of the molecule is CCN(C(=O)c1cc(Oc2ccc3c(c2)CCN3C(=O)O)ccn1)N1CCOCC1. The number of nitrogens with zero attached hydrogens (tertiary/aromatic N) is 4. The molecular formula is C21H24N4O5. The van der Waals surface area contributed by atoms with Crippen LogP contribution in [0, 0.1) is 0 Å². The Kier molecular flexibility index (Phi) is 5.82. The van der Waals surface area contributed by atoms with Crippen LogP contribution < -0.4 is 9.64 Å². The van der Waals surface area contributed by atoms with Gasteiger partial charge in [-0.15, -0.1) is 0 Å². The summed E-state index contributed by atoms with van der Waals surface area (Å²) in [5.41, 5.74) is 1.91. The number of benzene rings is 1. The van der Waals surface area contributed by atoms with E-state index in [1.165, 1.54) is 4.90 Å². The first kappa shape index (κ1) is 20.1. The molecule has 4 rings (SSSR count). The number of fused-ring (bicyclic) bond motifs is 1. The van der Waals surface area contributed by atoms with Crippen LogP contribution in [0.25, 0.3) is 0 Å². The zero-order chi connectivity index (χ0) is 21.1. The van der Waals surface area contributed by atoms with Crippen molar-refractivity contribution in [3.8, 4) is 11.5 Å². The Bertz CT molecular complexity index is 945. The molecule has 0 radical (unpaired) electrons. The molecule has 0 unspecified atom stereocenters. The molecule has 9 heteroatoms. The average Bonchev–Trinajstić information content (AvgIpc) is 3.19. The van der Waals surface area contributed by atoms with Gasteiger partial charge in [-0.3, -0.25) is 19.7 Å². The van der Waals surface area contributed by atoms with E-state index in [-0.39, 0.29) is 5.91 Å². The van der Waals surface area contributed by atoms with Gasteiger partial charge in [-0.05, 0) is 43.2 Å². The molecule has 158 valence electrons. The standard InChI is InChI=1S/C21H24N4O5/c1-2-25(23-9-11-29-12-10-23)20(26)18-14-17(5-7-22-18)30-16-3-4-19-15(13-16)6-8-24(19)21(27)28/h3-5,7,13-14H,2,6,8-12H2,1H3,(H,27,28). The number of carbonyl (C=O) groups is 2. The maximum absolute atomic E-state index is 13.0. The van der Waals surface area contributed by atoms with Gasteiger partial charge in [0, 0.05) is 38.4 Å². The highest BCUT2D eigenvalue weighted by molar-refractivity contribution is 5.92. The van der Waals surface area contributed by atoms with Gasteiger partial charge < -0.3 is 14.6 Å². The van der Waals surface area contributed by atoms with Crippen LogP contribution in [0.2, 0.25) is 0 Å². The second kappa shape index (κ2) is 8.68. The smallest absolute Gasteiger partial charge is 0.411 e. The van der Waals surface area contributed by atoms with Crippen molar-refractivity contribution < 1.29 is 24.2 Å². The largest absolute Gasteiger partial charge is 0.465 e. The third-order valence-corrected chi connectivity index (χ3v) is 5.23. The summed E-state index contributed by atoms with van der Waals surface area (Å²) in [5, 5.41) is 12.9. The number of hydrazine groups is 1. The van der Waals surface area contributed by atoms with Crippen LogP contribution in [-0.4, -0.2) is 71.5 Å². The maximum Gasteiger partial charge on any atom is 0.411 e. The van der Waals surface area contributed by atoms with E-state index >= 15 is 0 Å². The molecule has 2 aliphatic heterocycles. The molecule has 1 saturated heterocycles. The molecule has 0 spiro atoms. The van der Waals surface area contributed by atoms with E-state index in [9.17, 15) is 14.7 Å². The Balaban J connectivity index is 1.50. The number of pyridine rings is 1. The minimum Gasteiger partial charge on any atom is -0.465 e. The molecule has 30 heavy (non-hydrogen) atoms. The van der Waals surface area contributed by atoms with Crippen molar-refractivity contribution in [3.63, 3.8) is 0 Å². The molecule has 1 N–H and O–H groups in total. The van der Waals surface area contributed by atoms with E-state index in [2.05, 4.69) is 4.98 Å². The Morgan fingerprint density at radius 3 is 2.67 bits per heavy atom. The second-order valence-corrected chi connectivity index (χ2v) is 7.04. The van der Waals surface area contributed by atoms with Gasteiger partial charge >= 0.3 is 6.09 Å². The molecule has 0 aliphatic carbocycles. The molecule has 9 nitrogen and oxygen atoms in total. The molecule has 2 amide bonds. The van der Waals surface area contributed by atoms with E-state index in [4.69, 9.17) is 9.47 Å². The van der Waals surface area contributed by atoms with Gasteiger partial charge in [0.05, 0.1) is 18.9 Å². The number of amides is 2. The third kappa shape index (κ3) is 4.07. The molecule has 2 aromatic rings. The summed E-state index contributed by atoms with van der Waals surface area (Å²) in [4.78, 5) is 29.8. The number of carbonyl (C=O) groups excluding carboxylic acids is 1. The van der Waals surface area contributed by atoms with E-state index in [0.29, 0.717) is 68.7 Å². The van der Waals surface area contributed by atoms with E-state index in [1.54, 1.807) is 35.5 Å². The number of carboxylic acid groups (broad SMARTS) is 1. The summed E-state index contributed by atoms with van der Waals surface area (Å²) in [6, 6.07) is 8.64. The lowest BCUT2D eigenvalue weighted by molar-refractivity contribution is -0.0678. The predicted molar refractivity (Wildman–Crippen MR) is 109 cm³/mol. The van der Waals surface area contributed by atoms with Crippen LogP contribution in [0.15, 0.2) is 36.5 Å². The summed E-state index contributed by atoms with van der Waals surface area (Å²) < 4.78 is 11.3. The maximum atomic E-state index is 13.0. The van der Waals surface area contributed by atoms with Gasteiger partial charge in [0.2, 0.25) is 0 Å². The summed E-state index contributed by atoms with van der Waals surface area (Å²) in [6.45, 7) is 5.43. The minimum absolute atomic E-state index is 0.184. The number of morpholine rings is 1. The Morgan fingerprint density at radius 1 is 1.17 bits per heavy atom. The first-order chi connectivity index (χ1) is 14.6. The Hall–Kier alpha value is -3.17. The number of hydrogen-bond donors (Lipinski definition) is 1. The second-order valence-electron chi connectivity index (χ2n) is 7.04. The number of hydrogen-bond acceptors (Lipinski definition) is 6. The van der Waals surface area contributed by atoms with Gasteiger partial charge in [0.15, 0.2) is 0 Å². The van der Waals surface area contributed by atoms with Gasteiger partial charge in [0.25, 0.3) is 5.91 Å². The normalized spacial score (nSPS) is 16.2. The predicted octanol–water partition coefficient (Wildman–Crippen LogP) is 2.62. The summed E-state index contributed by atoms with van der Waals surface area (Å²) in [6.07, 6.45) is 1.24. The van der Waals surface area contributed by atoms with Crippen LogP contribution in [0.5, 0.6) is 11.5 Å². The molecule has 2 aliphatic rings. The van der Waals surface area contributed by atoms with Gasteiger partial charge in [-0.2, -0.15) is 0 Å². The summed E-state index contributed by atoms with van der Waals surface area (Å²) in [7, 11) is 0. The number of rotatable bonds is 5. The molecule has 3 heterocycles. The topological polar surface area (TPSA) is 95.4 Å². The summed E-state index contributed by atoms with van der Waals surface area (Å²) in [5.74, 6) is 0.904. The van der Waals surface area contributed by atoms with Crippen LogP contribution in [0.4, 0.5) is 10.5 Å². The zero-order valence-corrected chi connectivity index (χ0v) is 16.8. The van der Waals surface area contributed by atoms with Crippen molar-refractivity contribution >= 4 is 17.7 Å². The number of aromatic nitrogens is 1. The molecule has 1 aromatic carbocycles. The van der Waals surface area contributed by atoms with Crippen molar-refractivity contribution in [1.82, 2.24) is 15.0 Å². The van der Waals surface area contributed by atoms with Crippen LogP contribution in [-0.2, 0) is 11.2 Å². The van der Waals surface area contributed by atoms with Crippen molar-refractivity contribution in [1.29, 1.82) is 0 Å². The Labute approximate surface area is 174 Å². The molecule has 1 fully saturated rings. The molecule has 0 bridgehead atoms. The number of ether oxygens (including phenoxy) is 2. The lowest BCUT2D eigenvalue weighted by Crippen LogP contribution is -2.51.